The predicted molar refractivity (Wildman–Crippen MR) is 109 cm³/mol. The highest BCUT2D eigenvalue weighted by Gasteiger charge is 2.24. The first-order valence-corrected chi connectivity index (χ1v) is 11.2. The molecule has 152 valence electrons. The lowest BCUT2D eigenvalue weighted by Gasteiger charge is -2.19. The highest BCUT2D eigenvalue weighted by molar-refractivity contribution is 7.89. The summed E-state index contributed by atoms with van der Waals surface area (Å²) in [5, 5.41) is 3.16. The molecule has 0 unspecified atom stereocenters. The molecule has 1 amide bonds. The van der Waals surface area contributed by atoms with Crippen molar-refractivity contribution in [3.05, 3.63) is 40.2 Å². The fourth-order valence-electron chi connectivity index (χ4n) is 3.84. The van der Waals surface area contributed by atoms with Crippen LogP contribution in [0.25, 0.3) is 10.9 Å². The van der Waals surface area contributed by atoms with Crippen LogP contribution in [0.5, 0.6) is 0 Å². The molecule has 1 fully saturated rings. The Kier molecular flexibility index (Phi) is 5.90. The number of amides is 1. The number of rotatable bonds is 6. The van der Waals surface area contributed by atoms with E-state index in [1.54, 1.807) is 31.5 Å². The minimum atomic E-state index is -3.69. The van der Waals surface area contributed by atoms with E-state index >= 15 is 0 Å². The van der Waals surface area contributed by atoms with E-state index in [1.807, 2.05) is 0 Å². The van der Waals surface area contributed by atoms with Crippen molar-refractivity contribution in [3.63, 3.8) is 0 Å². The van der Waals surface area contributed by atoms with Crippen LogP contribution in [0.2, 0.25) is 0 Å². The molecule has 0 aliphatic heterocycles. The summed E-state index contributed by atoms with van der Waals surface area (Å²) in [6.07, 6.45) is 5.52. The van der Waals surface area contributed by atoms with Crippen molar-refractivity contribution < 1.29 is 13.2 Å². The number of nitrogens with one attached hydrogen (secondary N) is 1. The second-order valence-corrected chi connectivity index (χ2v) is 9.14. The summed E-state index contributed by atoms with van der Waals surface area (Å²) in [7, 11) is -1.95. The van der Waals surface area contributed by atoms with E-state index in [1.165, 1.54) is 22.6 Å². The molecule has 0 spiro atoms. The van der Waals surface area contributed by atoms with E-state index in [0.717, 1.165) is 25.7 Å². The molecule has 0 bridgehead atoms. The molecule has 0 atom stereocenters. The Morgan fingerprint density at radius 2 is 1.86 bits per heavy atom. The summed E-state index contributed by atoms with van der Waals surface area (Å²) in [4.78, 5) is 25.7. The standard InChI is InChI=1S/C20H27N3O4S/c1-4-23(5-2)28(26,27)15-10-11-18-16(12-15)19(24)17(13-22(18)3)20(25)21-14-8-6-7-9-14/h10-14H,4-9H2,1-3H3,(H,21,25). The maximum absolute atomic E-state index is 13.0. The number of carbonyl (C=O) groups is 1. The number of pyridine rings is 1. The quantitative estimate of drug-likeness (QED) is 0.798. The molecule has 1 N–H and O–H groups in total. The van der Waals surface area contributed by atoms with Gasteiger partial charge in [-0.3, -0.25) is 9.59 Å². The van der Waals surface area contributed by atoms with Gasteiger partial charge in [-0.05, 0) is 31.0 Å². The van der Waals surface area contributed by atoms with Gasteiger partial charge in [0.2, 0.25) is 15.5 Å². The number of benzene rings is 1. The minimum Gasteiger partial charge on any atom is -0.350 e. The van der Waals surface area contributed by atoms with E-state index in [0.29, 0.717) is 18.6 Å². The Bertz CT molecular complexity index is 1050. The summed E-state index contributed by atoms with van der Waals surface area (Å²) in [6.45, 7) is 4.23. The SMILES string of the molecule is CCN(CC)S(=O)(=O)c1ccc2c(c1)c(=O)c(C(=O)NC1CCCC1)cn2C. The second kappa shape index (κ2) is 8.05. The summed E-state index contributed by atoms with van der Waals surface area (Å²) in [5.74, 6) is -0.397. The largest absolute Gasteiger partial charge is 0.350 e. The van der Waals surface area contributed by atoms with Crippen LogP contribution in [0.15, 0.2) is 34.1 Å². The lowest BCUT2D eigenvalue weighted by Crippen LogP contribution is -2.36. The lowest BCUT2D eigenvalue weighted by molar-refractivity contribution is 0.0936. The molecule has 0 saturated heterocycles. The summed E-state index contributed by atoms with van der Waals surface area (Å²) >= 11 is 0. The number of hydrogen-bond acceptors (Lipinski definition) is 4. The Morgan fingerprint density at radius 1 is 1.21 bits per heavy atom. The van der Waals surface area contributed by atoms with Crippen LogP contribution < -0.4 is 10.7 Å². The normalized spacial score (nSPS) is 15.4. The first kappa shape index (κ1) is 20.5. The van der Waals surface area contributed by atoms with Gasteiger partial charge in [0.05, 0.1) is 10.4 Å². The van der Waals surface area contributed by atoms with Crippen LogP contribution >= 0.6 is 0 Å². The molecule has 8 heteroatoms. The molecule has 2 aromatic rings. The van der Waals surface area contributed by atoms with Gasteiger partial charge in [-0.25, -0.2) is 8.42 Å². The Hall–Kier alpha value is -2.19. The maximum Gasteiger partial charge on any atom is 0.256 e. The summed E-state index contributed by atoms with van der Waals surface area (Å²) in [6, 6.07) is 4.61. The highest BCUT2D eigenvalue weighted by atomic mass is 32.2. The molecular weight excluding hydrogens is 378 g/mol. The first-order valence-electron chi connectivity index (χ1n) is 9.74. The van der Waals surface area contributed by atoms with Gasteiger partial charge in [0.15, 0.2) is 0 Å². The van der Waals surface area contributed by atoms with Crippen LogP contribution in [-0.2, 0) is 17.1 Å². The number of carbonyl (C=O) groups excluding carboxylic acids is 1. The van der Waals surface area contributed by atoms with Crippen molar-refractivity contribution in [1.29, 1.82) is 0 Å². The predicted octanol–water partition coefficient (Wildman–Crippen LogP) is 2.24. The molecule has 1 saturated carbocycles. The van der Waals surface area contributed by atoms with Gasteiger partial charge < -0.3 is 9.88 Å². The van der Waals surface area contributed by atoms with Gasteiger partial charge in [-0.1, -0.05) is 26.7 Å². The van der Waals surface area contributed by atoms with Crippen molar-refractivity contribution in [2.24, 2.45) is 7.05 Å². The van der Waals surface area contributed by atoms with Crippen molar-refractivity contribution in [2.45, 2.75) is 50.5 Å². The van der Waals surface area contributed by atoms with Crippen molar-refractivity contribution in [2.75, 3.05) is 13.1 Å². The van der Waals surface area contributed by atoms with E-state index in [4.69, 9.17) is 0 Å². The van der Waals surface area contributed by atoms with Crippen molar-refractivity contribution in [3.8, 4) is 0 Å². The Balaban J connectivity index is 2.08. The molecule has 28 heavy (non-hydrogen) atoms. The Morgan fingerprint density at radius 3 is 2.46 bits per heavy atom. The number of aromatic nitrogens is 1. The van der Waals surface area contributed by atoms with E-state index in [-0.39, 0.29) is 21.9 Å². The van der Waals surface area contributed by atoms with Crippen LogP contribution in [0.4, 0.5) is 0 Å². The average molecular weight is 406 g/mol. The molecule has 0 radical (unpaired) electrons. The summed E-state index contributed by atoms with van der Waals surface area (Å²) in [5.41, 5.74) is 0.181. The smallest absolute Gasteiger partial charge is 0.256 e. The van der Waals surface area contributed by atoms with E-state index < -0.39 is 21.4 Å². The number of nitrogens with zero attached hydrogens (tertiary/aromatic N) is 2. The second-order valence-electron chi connectivity index (χ2n) is 7.21. The molecule has 1 aromatic carbocycles. The van der Waals surface area contributed by atoms with E-state index in [2.05, 4.69) is 5.32 Å². The van der Waals surface area contributed by atoms with Crippen LogP contribution in [0.1, 0.15) is 49.9 Å². The monoisotopic (exact) mass is 405 g/mol. The molecule has 3 rings (SSSR count). The molecule has 1 aliphatic carbocycles. The third-order valence-electron chi connectivity index (χ3n) is 5.44. The number of aryl methyl sites for hydroxylation is 1. The third kappa shape index (κ3) is 3.71. The maximum atomic E-state index is 13.0. The first-order chi connectivity index (χ1) is 13.3. The van der Waals surface area contributed by atoms with Crippen molar-refractivity contribution in [1.82, 2.24) is 14.2 Å². The molecule has 1 aromatic heterocycles. The number of fused-ring (bicyclic) bond motifs is 1. The third-order valence-corrected chi connectivity index (χ3v) is 7.48. The fourth-order valence-corrected chi connectivity index (χ4v) is 5.32. The van der Waals surface area contributed by atoms with Gasteiger partial charge in [0.1, 0.15) is 5.56 Å². The van der Waals surface area contributed by atoms with Gasteiger partial charge in [0.25, 0.3) is 5.91 Å². The van der Waals surface area contributed by atoms with Crippen LogP contribution in [-0.4, -0.2) is 42.3 Å². The van der Waals surface area contributed by atoms with Gasteiger partial charge in [-0.2, -0.15) is 4.31 Å². The van der Waals surface area contributed by atoms with Gasteiger partial charge in [-0.15, -0.1) is 0 Å². The molecule has 1 aliphatic rings. The zero-order chi connectivity index (χ0) is 20.5. The number of hydrogen-bond donors (Lipinski definition) is 1. The van der Waals surface area contributed by atoms with Crippen molar-refractivity contribution >= 4 is 26.8 Å². The summed E-state index contributed by atoms with van der Waals surface area (Å²) < 4.78 is 28.7. The fraction of sp³-hybridized carbons (Fsp3) is 0.500. The molecular formula is C20H27N3O4S. The number of sulfonamides is 1. The highest BCUT2D eigenvalue weighted by Crippen LogP contribution is 2.21. The van der Waals surface area contributed by atoms with Gasteiger partial charge >= 0.3 is 0 Å². The lowest BCUT2D eigenvalue weighted by atomic mass is 10.1. The topological polar surface area (TPSA) is 88.5 Å². The van der Waals surface area contributed by atoms with E-state index in [9.17, 15) is 18.0 Å². The molecule has 7 nitrogen and oxygen atoms in total. The minimum absolute atomic E-state index is 0.0410. The average Bonchev–Trinajstić information content (AvgIpc) is 3.18. The van der Waals surface area contributed by atoms with Gasteiger partial charge in [0, 0.05) is 37.8 Å². The molecule has 1 heterocycles. The Labute approximate surface area is 165 Å². The van der Waals surface area contributed by atoms with Crippen LogP contribution in [0.3, 0.4) is 0 Å². The van der Waals surface area contributed by atoms with Crippen LogP contribution in [0, 0.1) is 0 Å². The zero-order valence-corrected chi connectivity index (χ0v) is 17.4. The zero-order valence-electron chi connectivity index (χ0n) is 16.6.